The number of imide groups is 1. The molecule has 9 heteroatoms. The second-order valence-electron chi connectivity index (χ2n) is 12.5. The number of urea groups is 1. The maximum atomic E-state index is 14.2. The Bertz CT molecular complexity index is 1060. The van der Waals surface area contributed by atoms with Crippen molar-refractivity contribution in [2.24, 2.45) is 11.8 Å². The van der Waals surface area contributed by atoms with Gasteiger partial charge in [0.1, 0.15) is 11.4 Å². The molecule has 1 saturated carbocycles. The summed E-state index contributed by atoms with van der Waals surface area (Å²) in [5.41, 5.74) is 0.0453. The quantitative estimate of drug-likeness (QED) is 0.458. The fourth-order valence-corrected chi connectivity index (χ4v) is 7.75. The van der Waals surface area contributed by atoms with Gasteiger partial charge >= 0.3 is 6.03 Å². The van der Waals surface area contributed by atoms with Crippen LogP contribution in [0.5, 0.6) is 0 Å². The minimum atomic E-state index is -0.753. The number of nitrogens with one attached hydrogen (secondary N) is 1. The van der Waals surface area contributed by atoms with E-state index in [9.17, 15) is 18.8 Å². The number of amides is 4. The number of hydrogen-bond donors (Lipinski definition) is 1. The second kappa shape index (κ2) is 11.7. The molecular weight excluding hydrogens is 519 g/mol. The van der Waals surface area contributed by atoms with Crippen LogP contribution < -0.4 is 5.32 Å². The number of carbonyl (C=O) groups excluding carboxylic acids is 3. The van der Waals surface area contributed by atoms with Crippen LogP contribution in [-0.2, 0) is 9.59 Å². The molecule has 3 heterocycles. The standard InChI is InChI=1S/C30H43FN4O3.ClH/c1-19(2)35-29(38)33(4)28(37)30(35)17-24-12-13-25(18-30)34(24)15-14-26(22-6-5-7-23(31)16-22)32-27(36)21-10-8-20(3)9-11-21;/h5-7,16,19-21,24-26H,8-15,17-18H2,1-4H3,(H,32,36);1H/t20?,21?,24?,25?,26-,30?;/m0./s1. The third-order valence-corrected chi connectivity index (χ3v) is 9.72. The number of likely N-dealkylation sites (N-methyl/N-ethyl adjacent to an activating group) is 1. The van der Waals surface area contributed by atoms with Crippen molar-refractivity contribution in [2.45, 2.75) is 108 Å². The highest BCUT2D eigenvalue weighted by atomic mass is 35.5. The molecule has 4 fully saturated rings. The molecule has 3 saturated heterocycles. The molecule has 2 unspecified atom stereocenters. The van der Waals surface area contributed by atoms with Crippen LogP contribution in [0.4, 0.5) is 9.18 Å². The van der Waals surface area contributed by atoms with E-state index >= 15 is 0 Å². The molecule has 5 rings (SSSR count). The van der Waals surface area contributed by atoms with Crippen LogP contribution in [0, 0.1) is 17.7 Å². The Kier molecular flexibility index (Phi) is 8.96. The number of hydrogen-bond acceptors (Lipinski definition) is 4. The Morgan fingerprint density at radius 1 is 1.08 bits per heavy atom. The molecule has 3 aliphatic heterocycles. The second-order valence-corrected chi connectivity index (χ2v) is 12.5. The molecule has 216 valence electrons. The Morgan fingerprint density at radius 3 is 2.31 bits per heavy atom. The van der Waals surface area contributed by atoms with Gasteiger partial charge < -0.3 is 10.2 Å². The molecule has 4 aliphatic rings. The zero-order valence-electron chi connectivity index (χ0n) is 23.7. The largest absolute Gasteiger partial charge is 0.349 e. The first-order chi connectivity index (χ1) is 18.1. The fourth-order valence-electron chi connectivity index (χ4n) is 7.75. The van der Waals surface area contributed by atoms with E-state index in [4.69, 9.17) is 0 Å². The van der Waals surface area contributed by atoms with Crippen LogP contribution in [0.3, 0.4) is 0 Å². The van der Waals surface area contributed by atoms with Crippen molar-refractivity contribution in [1.82, 2.24) is 20.0 Å². The van der Waals surface area contributed by atoms with Crippen LogP contribution in [0.15, 0.2) is 24.3 Å². The van der Waals surface area contributed by atoms with Crippen molar-refractivity contribution >= 4 is 30.3 Å². The van der Waals surface area contributed by atoms with Gasteiger partial charge in [0.05, 0.1) is 6.04 Å². The molecule has 3 atom stereocenters. The summed E-state index contributed by atoms with van der Waals surface area (Å²) in [7, 11) is 1.60. The molecule has 0 radical (unpaired) electrons. The number of fused-ring (bicyclic) bond motifs is 2. The van der Waals surface area contributed by atoms with Gasteiger partial charge in [-0.25, -0.2) is 9.18 Å². The summed E-state index contributed by atoms with van der Waals surface area (Å²) in [6.45, 7) is 6.97. The van der Waals surface area contributed by atoms with E-state index in [0.717, 1.165) is 50.6 Å². The number of halogens is 2. The molecule has 1 spiro atoms. The number of nitrogens with zero attached hydrogens (tertiary/aromatic N) is 3. The Balaban J connectivity index is 0.00000353. The first-order valence-corrected chi connectivity index (χ1v) is 14.5. The predicted molar refractivity (Wildman–Crippen MR) is 151 cm³/mol. The zero-order valence-corrected chi connectivity index (χ0v) is 24.5. The molecule has 39 heavy (non-hydrogen) atoms. The van der Waals surface area contributed by atoms with E-state index in [0.29, 0.717) is 25.2 Å². The van der Waals surface area contributed by atoms with Crippen molar-refractivity contribution in [3.05, 3.63) is 35.6 Å². The zero-order chi connectivity index (χ0) is 27.2. The average molecular weight is 563 g/mol. The Hall–Kier alpha value is -2.19. The van der Waals surface area contributed by atoms with E-state index in [1.807, 2.05) is 24.8 Å². The van der Waals surface area contributed by atoms with Crippen molar-refractivity contribution in [3.8, 4) is 0 Å². The van der Waals surface area contributed by atoms with E-state index < -0.39 is 5.54 Å². The minimum Gasteiger partial charge on any atom is -0.349 e. The smallest absolute Gasteiger partial charge is 0.327 e. The molecule has 7 nitrogen and oxygen atoms in total. The van der Waals surface area contributed by atoms with E-state index in [1.54, 1.807) is 13.1 Å². The molecule has 1 N–H and O–H groups in total. The lowest BCUT2D eigenvalue weighted by atomic mass is 9.80. The van der Waals surface area contributed by atoms with Gasteiger partial charge in [0.15, 0.2) is 0 Å². The lowest BCUT2D eigenvalue weighted by Gasteiger charge is -2.48. The SMILES string of the molecule is CC1CCC(C(=O)N[C@@H](CCN2C3CCC2CC2(C3)C(=O)N(C)C(=O)N2C(C)C)c2cccc(F)c2)CC1.Cl. The van der Waals surface area contributed by atoms with Gasteiger partial charge in [-0.2, -0.15) is 0 Å². The van der Waals surface area contributed by atoms with Gasteiger partial charge in [0, 0.05) is 37.6 Å². The monoisotopic (exact) mass is 562 g/mol. The molecule has 1 aliphatic carbocycles. The van der Waals surface area contributed by atoms with Gasteiger partial charge in [0.25, 0.3) is 5.91 Å². The number of rotatable bonds is 7. The van der Waals surface area contributed by atoms with Crippen LogP contribution in [0.1, 0.15) is 90.2 Å². The fraction of sp³-hybridized carbons (Fsp3) is 0.700. The van der Waals surface area contributed by atoms with Gasteiger partial charge in [-0.1, -0.05) is 19.1 Å². The summed E-state index contributed by atoms with van der Waals surface area (Å²) in [6, 6.07) is 6.50. The van der Waals surface area contributed by atoms with Crippen molar-refractivity contribution in [1.29, 1.82) is 0 Å². The van der Waals surface area contributed by atoms with Crippen molar-refractivity contribution in [2.75, 3.05) is 13.6 Å². The minimum absolute atomic E-state index is 0. The molecule has 0 aromatic heterocycles. The van der Waals surface area contributed by atoms with Gasteiger partial charge in [0.2, 0.25) is 5.91 Å². The van der Waals surface area contributed by atoms with E-state index in [2.05, 4.69) is 17.1 Å². The normalized spacial score (nSPS) is 31.6. The summed E-state index contributed by atoms with van der Waals surface area (Å²) >= 11 is 0. The van der Waals surface area contributed by atoms with Crippen LogP contribution >= 0.6 is 12.4 Å². The number of carbonyl (C=O) groups is 3. The average Bonchev–Trinajstić information content (AvgIpc) is 3.23. The highest BCUT2D eigenvalue weighted by Crippen LogP contribution is 2.48. The Morgan fingerprint density at radius 2 is 1.72 bits per heavy atom. The van der Waals surface area contributed by atoms with Gasteiger partial charge in [-0.15, -0.1) is 12.4 Å². The van der Waals surface area contributed by atoms with Crippen LogP contribution in [-0.4, -0.2) is 69.8 Å². The van der Waals surface area contributed by atoms with Crippen molar-refractivity contribution in [3.63, 3.8) is 0 Å². The molecule has 1 aromatic rings. The molecule has 4 amide bonds. The lowest BCUT2D eigenvalue weighted by Crippen LogP contribution is -2.61. The first-order valence-electron chi connectivity index (χ1n) is 14.5. The maximum absolute atomic E-state index is 14.2. The molecular formula is C30H44ClFN4O3. The summed E-state index contributed by atoms with van der Waals surface area (Å²) in [4.78, 5) is 45.2. The van der Waals surface area contributed by atoms with E-state index in [1.165, 1.54) is 17.0 Å². The maximum Gasteiger partial charge on any atom is 0.327 e. The third-order valence-electron chi connectivity index (χ3n) is 9.72. The van der Waals surface area contributed by atoms with Gasteiger partial charge in [-0.3, -0.25) is 19.4 Å². The summed E-state index contributed by atoms with van der Waals surface area (Å²) < 4.78 is 14.2. The van der Waals surface area contributed by atoms with E-state index in [-0.39, 0.29) is 66.2 Å². The molecule has 2 bridgehead atoms. The van der Waals surface area contributed by atoms with Crippen molar-refractivity contribution < 1.29 is 18.8 Å². The van der Waals surface area contributed by atoms with Crippen LogP contribution in [0.25, 0.3) is 0 Å². The third kappa shape index (κ3) is 5.56. The Labute approximate surface area is 238 Å². The number of benzene rings is 1. The topological polar surface area (TPSA) is 73.0 Å². The number of piperidine rings is 1. The highest BCUT2D eigenvalue weighted by Gasteiger charge is 2.62. The highest BCUT2D eigenvalue weighted by molar-refractivity contribution is 6.07. The van der Waals surface area contributed by atoms with Gasteiger partial charge in [-0.05, 0) is 95.2 Å². The molecule has 1 aromatic carbocycles. The summed E-state index contributed by atoms with van der Waals surface area (Å²) in [6.07, 6.45) is 7.95. The summed E-state index contributed by atoms with van der Waals surface area (Å²) in [5.74, 6) is 0.412. The lowest BCUT2D eigenvalue weighted by molar-refractivity contribution is -0.137. The predicted octanol–water partition coefficient (Wildman–Crippen LogP) is 5.29. The summed E-state index contributed by atoms with van der Waals surface area (Å²) in [5, 5.41) is 3.28. The first kappa shape index (κ1) is 29.8. The van der Waals surface area contributed by atoms with Crippen LogP contribution in [0.2, 0.25) is 0 Å².